The summed E-state index contributed by atoms with van der Waals surface area (Å²) in [4.78, 5) is 0. The first-order chi connectivity index (χ1) is 11.5. The van der Waals surface area contributed by atoms with Crippen molar-refractivity contribution in [3.05, 3.63) is 0 Å². The van der Waals surface area contributed by atoms with Gasteiger partial charge in [-0.05, 0) is 12.8 Å². The van der Waals surface area contributed by atoms with Gasteiger partial charge in [0.25, 0.3) is 0 Å². The summed E-state index contributed by atoms with van der Waals surface area (Å²) in [5.74, 6) is 0. The summed E-state index contributed by atoms with van der Waals surface area (Å²) in [7, 11) is 6.88. The zero-order chi connectivity index (χ0) is 18.3. The van der Waals surface area contributed by atoms with Gasteiger partial charge in [-0.1, -0.05) is 65.2 Å². The molecule has 0 aliphatic heterocycles. The molecule has 0 aromatic carbocycles. The van der Waals surface area contributed by atoms with Gasteiger partial charge in [-0.3, -0.25) is 0 Å². The SMILES string of the molecule is CCCCCCCCCCCC[N+](C)(C)CCC(C)[SiH](OC)OC. The molecule has 0 N–H and O–H groups in total. The van der Waals surface area contributed by atoms with Gasteiger partial charge in [0.2, 0.25) is 0 Å². The second kappa shape index (κ2) is 15.4. The van der Waals surface area contributed by atoms with E-state index in [1.807, 2.05) is 0 Å². The van der Waals surface area contributed by atoms with Gasteiger partial charge in [0.15, 0.2) is 0 Å². The van der Waals surface area contributed by atoms with Crippen LogP contribution in [-0.4, -0.2) is 55.2 Å². The topological polar surface area (TPSA) is 18.5 Å². The summed E-state index contributed by atoms with van der Waals surface area (Å²) in [6, 6.07) is 0. The van der Waals surface area contributed by atoms with Crippen molar-refractivity contribution >= 4 is 9.28 Å². The molecule has 0 saturated heterocycles. The number of hydrogen-bond acceptors (Lipinski definition) is 2. The van der Waals surface area contributed by atoms with Gasteiger partial charge >= 0.3 is 9.28 Å². The first-order valence-corrected chi connectivity index (χ1v) is 12.0. The van der Waals surface area contributed by atoms with E-state index in [2.05, 4.69) is 27.9 Å². The highest BCUT2D eigenvalue weighted by atomic mass is 28.3. The van der Waals surface area contributed by atoms with Gasteiger partial charge in [-0.15, -0.1) is 0 Å². The van der Waals surface area contributed by atoms with Crippen molar-refractivity contribution < 1.29 is 13.3 Å². The summed E-state index contributed by atoms with van der Waals surface area (Å²) in [5, 5.41) is 0. The number of rotatable bonds is 17. The predicted octanol–water partition coefficient (Wildman–Crippen LogP) is 5.28. The monoisotopic (exact) mass is 360 g/mol. The predicted molar refractivity (Wildman–Crippen MR) is 109 cm³/mol. The summed E-state index contributed by atoms with van der Waals surface area (Å²) in [6.07, 6.45) is 15.4. The van der Waals surface area contributed by atoms with Crippen molar-refractivity contribution in [2.24, 2.45) is 0 Å². The van der Waals surface area contributed by atoms with Crippen molar-refractivity contribution in [3.8, 4) is 0 Å². The maximum Gasteiger partial charge on any atom is 0.324 e. The Morgan fingerprint density at radius 1 is 0.750 bits per heavy atom. The molecular weight excluding hydrogens is 314 g/mol. The Morgan fingerprint density at radius 2 is 1.21 bits per heavy atom. The van der Waals surface area contributed by atoms with Crippen LogP contribution in [0.25, 0.3) is 0 Å². The molecule has 3 nitrogen and oxygen atoms in total. The van der Waals surface area contributed by atoms with Crippen molar-refractivity contribution in [3.63, 3.8) is 0 Å². The Balaban J connectivity index is 3.60. The van der Waals surface area contributed by atoms with Crippen LogP contribution in [0.5, 0.6) is 0 Å². The van der Waals surface area contributed by atoms with Gasteiger partial charge in [0.05, 0.1) is 27.2 Å². The minimum atomic E-state index is -1.44. The molecule has 1 unspecified atom stereocenters. The van der Waals surface area contributed by atoms with E-state index < -0.39 is 9.28 Å². The normalized spacial score (nSPS) is 13.6. The van der Waals surface area contributed by atoms with Gasteiger partial charge in [0, 0.05) is 26.2 Å². The van der Waals surface area contributed by atoms with Gasteiger partial charge in [-0.25, -0.2) is 0 Å². The maximum absolute atomic E-state index is 5.50. The molecule has 0 bridgehead atoms. The first-order valence-electron chi connectivity index (χ1n) is 10.3. The molecular formula is C20H46NO2Si+. The van der Waals surface area contributed by atoms with Crippen LogP contribution in [0.15, 0.2) is 0 Å². The molecule has 0 aromatic heterocycles. The average Bonchev–Trinajstić information content (AvgIpc) is 2.56. The van der Waals surface area contributed by atoms with E-state index in [1.54, 1.807) is 14.2 Å². The van der Waals surface area contributed by atoms with Crippen LogP contribution in [-0.2, 0) is 8.85 Å². The third-order valence-corrected chi connectivity index (χ3v) is 7.43. The van der Waals surface area contributed by atoms with Crippen molar-refractivity contribution in [1.29, 1.82) is 0 Å². The molecule has 0 radical (unpaired) electrons. The highest BCUT2D eigenvalue weighted by Crippen LogP contribution is 2.18. The summed E-state index contributed by atoms with van der Waals surface area (Å²) < 4.78 is 12.1. The van der Waals surface area contributed by atoms with Crippen LogP contribution in [0.1, 0.15) is 84.5 Å². The van der Waals surface area contributed by atoms with Crippen LogP contribution in [0.3, 0.4) is 0 Å². The van der Waals surface area contributed by atoms with Gasteiger partial charge in [-0.2, -0.15) is 0 Å². The number of quaternary nitrogens is 1. The molecule has 0 aliphatic carbocycles. The molecule has 0 heterocycles. The second-order valence-corrected chi connectivity index (χ2v) is 11.0. The fourth-order valence-electron chi connectivity index (χ4n) is 3.39. The zero-order valence-electron chi connectivity index (χ0n) is 17.6. The molecule has 146 valence electrons. The molecule has 24 heavy (non-hydrogen) atoms. The summed E-state index contributed by atoms with van der Waals surface area (Å²) in [5.41, 5.74) is 0.588. The lowest BCUT2D eigenvalue weighted by atomic mass is 10.1. The fraction of sp³-hybridized carbons (Fsp3) is 1.00. The van der Waals surface area contributed by atoms with Crippen LogP contribution in [0.4, 0.5) is 0 Å². The van der Waals surface area contributed by atoms with Gasteiger partial charge < -0.3 is 13.3 Å². The molecule has 0 rings (SSSR count). The number of unbranched alkanes of at least 4 members (excludes halogenated alkanes) is 9. The fourth-order valence-corrected chi connectivity index (χ4v) is 4.93. The van der Waals surface area contributed by atoms with E-state index in [4.69, 9.17) is 8.85 Å². The molecule has 1 atom stereocenters. The largest absolute Gasteiger partial charge is 0.400 e. The van der Waals surface area contributed by atoms with E-state index >= 15 is 0 Å². The van der Waals surface area contributed by atoms with Crippen molar-refractivity contribution in [2.45, 2.75) is 90.0 Å². The molecule has 0 amide bonds. The number of nitrogens with zero attached hydrogens (tertiary/aromatic N) is 1. The van der Waals surface area contributed by atoms with Crippen LogP contribution in [0, 0.1) is 0 Å². The van der Waals surface area contributed by atoms with E-state index in [9.17, 15) is 0 Å². The molecule has 0 fully saturated rings. The minimum absolute atomic E-state index is 0.588. The Labute approximate surface area is 154 Å². The summed E-state index contributed by atoms with van der Waals surface area (Å²) in [6.45, 7) is 7.10. The van der Waals surface area contributed by atoms with Crippen molar-refractivity contribution in [1.82, 2.24) is 0 Å². The minimum Gasteiger partial charge on any atom is -0.400 e. The lowest BCUT2D eigenvalue weighted by Crippen LogP contribution is -2.42. The van der Waals surface area contributed by atoms with E-state index in [1.165, 1.54) is 83.7 Å². The molecule has 0 saturated carbocycles. The first kappa shape index (κ1) is 24.1. The lowest BCUT2D eigenvalue weighted by molar-refractivity contribution is -0.890. The molecule has 0 aromatic rings. The smallest absolute Gasteiger partial charge is 0.324 e. The average molecular weight is 361 g/mol. The van der Waals surface area contributed by atoms with E-state index in [0.29, 0.717) is 5.54 Å². The highest BCUT2D eigenvalue weighted by Gasteiger charge is 2.23. The van der Waals surface area contributed by atoms with Crippen molar-refractivity contribution in [2.75, 3.05) is 41.4 Å². The quantitative estimate of drug-likeness (QED) is 0.200. The van der Waals surface area contributed by atoms with Crippen LogP contribution < -0.4 is 0 Å². The van der Waals surface area contributed by atoms with E-state index in [0.717, 1.165) is 4.48 Å². The van der Waals surface area contributed by atoms with Crippen LogP contribution >= 0.6 is 0 Å². The Bertz CT molecular complexity index is 270. The lowest BCUT2D eigenvalue weighted by Gasteiger charge is -2.31. The van der Waals surface area contributed by atoms with Crippen LogP contribution in [0.2, 0.25) is 5.54 Å². The number of hydrogen-bond donors (Lipinski definition) is 0. The maximum atomic E-state index is 5.50. The van der Waals surface area contributed by atoms with E-state index in [-0.39, 0.29) is 0 Å². The Morgan fingerprint density at radius 3 is 1.67 bits per heavy atom. The third kappa shape index (κ3) is 13.4. The van der Waals surface area contributed by atoms with Gasteiger partial charge in [0.1, 0.15) is 0 Å². The summed E-state index contributed by atoms with van der Waals surface area (Å²) >= 11 is 0. The molecule has 4 heteroatoms. The standard InChI is InChI=1S/C20H46NO2Si/c1-7-8-9-10-11-12-13-14-15-16-18-21(3,4)19-17-20(2)24(22-5)23-6/h20,24H,7-19H2,1-6H3/q+1. The zero-order valence-corrected chi connectivity index (χ0v) is 18.8. The molecule has 0 aliphatic rings. The molecule has 0 spiro atoms. The highest BCUT2D eigenvalue weighted by molar-refractivity contribution is 6.46. The second-order valence-electron chi connectivity index (χ2n) is 8.17. The Kier molecular flexibility index (Phi) is 15.4. The Hall–Kier alpha value is 0.0969. The third-order valence-electron chi connectivity index (χ3n) is 5.24.